The van der Waals surface area contributed by atoms with Gasteiger partial charge >= 0.3 is 0 Å². The first kappa shape index (κ1) is 21.9. The quantitative estimate of drug-likeness (QED) is 0.214. The highest BCUT2D eigenvalue weighted by Gasteiger charge is 2.09. The molecule has 0 saturated carbocycles. The third-order valence-corrected chi connectivity index (χ3v) is 8.04. The number of halogens is 2. The van der Waals surface area contributed by atoms with E-state index in [-0.39, 0.29) is 11.6 Å². The molecule has 2 heterocycles. The number of hydrogen-bond acceptors (Lipinski definition) is 10. The Kier molecular flexibility index (Phi) is 7.67. The molecule has 0 radical (unpaired) electrons. The first-order valence-corrected chi connectivity index (χ1v) is 12.6. The zero-order valence-corrected chi connectivity index (χ0v) is 19.2. The Balaban J connectivity index is 1.20. The maximum absolute atomic E-state index is 13.7. The lowest BCUT2D eigenvalue weighted by Crippen LogP contribution is -2.11. The van der Waals surface area contributed by atoms with E-state index in [9.17, 15) is 8.78 Å². The molecule has 2 N–H and O–H groups in total. The van der Waals surface area contributed by atoms with Crippen molar-refractivity contribution in [2.75, 3.05) is 17.3 Å². The molecular formula is C19H16F2N6S4. The topological polar surface area (TPSA) is 75.6 Å². The molecule has 0 aliphatic rings. The molecule has 0 atom stereocenters. The third-order valence-electron chi connectivity index (χ3n) is 3.91. The van der Waals surface area contributed by atoms with Gasteiger partial charge in [-0.3, -0.25) is 0 Å². The van der Waals surface area contributed by atoms with Gasteiger partial charge in [-0.25, -0.2) is 8.78 Å². The second-order valence-electron chi connectivity index (χ2n) is 6.04. The van der Waals surface area contributed by atoms with Crippen molar-refractivity contribution >= 4 is 56.5 Å². The van der Waals surface area contributed by atoms with Gasteiger partial charge in [0.05, 0.1) is 6.67 Å². The molecule has 12 heteroatoms. The second-order valence-corrected chi connectivity index (χ2v) is 10.4. The molecule has 0 bridgehead atoms. The van der Waals surface area contributed by atoms with Crippen molar-refractivity contribution < 1.29 is 8.78 Å². The highest BCUT2D eigenvalue weighted by Crippen LogP contribution is 2.30. The van der Waals surface area contributed by atoms with Crippen LogP contribution < -0.4 is 10.6 Å². The minimum Gasteiger partial charge on any atom is -0.343 e. The van der Waals surface area contributed by atoms with E-state index in [0.29, 0.717) is 39.6 Å². The molecule has 4 rings (SSSR count). The summed E-state index contributed by atoms with van der Waals surface area (Å²) < 4.78 is 28.9. The van der Waals surface area contributed by atoms with Gasteiger partial charge in [-0.2, -0.15) is 0 Å². The number of thioether (sulfide) groups is 2. The average Bonchev–Trinajstić information content (AvgIpc) is 3.42. The van der Waals surface area contributed by atoms with Crippen molar-refractivity contribution in [1.29, 1.82) is 0 Å². The molecular weight excluding hydrogens is 479 g/mol. The summed E-state index contributed by atoms with van der Waals surface area (Å²) in [6.07, 6.45) is 0. The minimum atomic E-state index is -0.217. The SMILES string of the molecule is Fc1ccccc1CSc1nnc(NCNc2nnc(SCc3ccccc3F)s2)s1. The van der Waals surface area contributed by atoms with Crippen LogP contribution in [0, 0.1) is 11.6 Å². The fourth-order valence-corrected chi connectivity index (χ4v) is 5.85. The first-order valence-electron chi connectivity index (χ1n) is 9.04. The van der Waals surface area contributed by atoms with Crippen molar-refractivity contribution in [3.63, 3.8) is 0 Å². The predicted octanol–water partition coefficient (Wildman–Crippen LogP) is 5.73. The summed E-state index contributed by atoms with van der Waals surface area (Å²) in [7, 11) is 0. The van der Waals surface area contributed by atoms with Crippen LogP contribution in [0.1, 0.15) is 11.1 Å². The Labute approximate surface area is 193 Å². The van der Waals surface area contributed by atoms with E-state index >= 15 is 0 Å². The van der Waals surface area contributed by atoms with Gasteiger partial charge in [0.15, 0.2) is 8.68 Å². The lowest BCUT2D eigenvalue weighted by atomic mass is 10.2. The Morgan fingerprint density at radius 2 is 1.13 bits per heavy atom. The maximum Gasteiger partial charge on any atom is 0.207 e. The smallest absolute Gasteiger partial charge is 0.207 e. The zero-order chi connectivity index (χ0) is 21.5. The first-order chi connectivity index (χ1) is 15.2. The molecule has 0 unspecified atom stereocenters. The Morgan fingerprint density at radius 3 is 1.58 bits per heavy atom. The molecule has 2 aromatic heterocycles. The third kappa shape index (κ3) is 6.35. The molecule has 160 valence electrons. The fraction of sp³-hybridized carbons (Fsp3) is 0.158. The van der Waals surface area contributed by atoms with Crippen LogP contribution in [0.5, 0.6) is 0 Å². The number of rotatable bonds is 10. The van der Waals surface area contributed by atoms with E-state index in [1.807, 2.05) is 12.1 Å². The summed E-state index contributed by atoms with van der Waals surface area (Å²) in [5.41, 5.74) is 1.28. The maximum atomic E-state index is 13.7. The van der Waals surface area contributed by atoms with E-state index in [1.54, 1.807) is 24.3 Å². The number of nitrogens with zero attached hydrogens (tertiary/aromatic N) is 4. The number of nitrogens with one attached hydrogen (secondary N) is 2. The molecule has 0 aliphatic carbocycles. The molecule has 2 aromatic carbocycles. The highest BCUT2D eigenvalue weighted by molar-refractivity contribution is 8.00. The van der Waals surface area contributed by atoms with Crippen molar-refractivity contribution in [2.45, 2.75) is 20.2 Å². The molecule has 6 nitrogen and oxygen atoms in total. The largest absolute Gasteiger partial charge is 0.343 e. The summed E-state index contributed by atoms with van der Waals surface area (Å²) in [6, 6.07) is 13.4. The standard InChI is InChI=1S/C19H16F2N6S4/c20-14-7-3-1-5-12(14)9-28-18-26-24-16(30-18)22-11-23-17-25-27-19(31-17)29-10-13-6-2-4-8-15(13)21/h1-8H,9-11H2,(H,22,24)(H,23,25). The van der Waals surface area contributed by atoms with Crippen molar-refractivity contribution in [3.8, 4) is 0 Å². The van der Waals surface area contributed by atoms with Crippen LogP contribution in [0.15, 0.2) is 57.2 Å². The summed E-state index contributed by atoms with van der Waals surface area (Å²) >= 11 is 5.68. The van der Waals surface area contributed by atoms with Gasteiger partial charge in [-0.15, -0.1) is 20.4 Å². The van der Waals surface area contributed by atoms with E-state index in [0.717, 1.165) is 8.68 Å². The van der Waals surface area contributed by atoms with Crippen LogP contribution in [-0.4, -0.2) is 27.1 Å². The van der Waals surface area contributed by atoms with Crippen LogP contribution in [-0.2, 0) is 11.5 Å². The van der Waals surface area contributed by atoms with Gasteiger partial charge in [0.25, 0.3) is 0 Å². The Bertz CT molecular complexity index is 1050. The van der Waals surface area contributed by atoms with Gasteiger partial charge < -0.3 is 10.6 Å². The number of benzene rings is 2. The monoisotopic (exact) mass is 494 g/mol. The minimum absolute atomic E-state index is 0.217. The van der Waals surface area contributed by atoms with E-state index < -0.39 is 0 Å². The van der Waals surface area contributed by atoms with Crippen molar-refractivity contribution in [3.05, 3.63) is 71.3 Å². The number of aromatic nitrogens is 4. The predicted molar refractivity (Wildman–Crippen MR) is 124 cm³/mol. The van der Waals surface area contributed by atoms with Gasteiger partial charge in [0.2, 0.25) is 10.3 Å². The molecule has 0 saturated heterocycles. The van der Waals surface area contributed by atoms with Crippen LogP contribution in [0.2, 0.25) is 0 Å². The summed E-state index contributed by atoms with van der Waals surface area (Å²) in [5.74, 6) is 0.561. The number of anilines is 2. The average molecular weight is 495 g/mol. The van der Waals surface area contributed by atoms with Crippen LogP contribution in [0.25, 0.3) is 0 Å². The fourth-order valence-electron chi connectivity index (χ4n) is 2.38. The van der Waals surface area contributed by atoms with Crippen LogP contribution >= 0.6 is 46.2 Å². The van der Waals surface area contributed by atoms with Gasteiger partial charge in [-0.05, 0) is 23.3 Å². The van der Waals surface area contributed by atoms with Gasteiger partial charge in [0, 0.05) is 11.5 Å². The summed E-state index contributed by atoms with van der Waals surface area (Å²) in [6.45, 7) is 0.402. The van der Waals surface area contributed by atoms with Gasteiger partial charge in [-0.1, -0.05) is 82.6 Å². The van der Waals surface area contributed by atoms with Crippen LogP contribution in [0.3, 0.4) is 0 Å². The zero-order valence-electron chi connectivity index (χ0n) is 15.9. The Morgan fingerprint density at radius 1 is 0.677 bits per heavy atom. The highest BCUT2D eigenvalue weighted by atomic mass is 32.2. The van der Waals surface area contributed by atoms with Gasteiger partial charge in [0.1, 0.15) is 11.6 Å². The van der Waals surface area contributed by atoms with E-state index in [4.69, 9.17) is 0 Å². The lowest BCUT2D eigenvalue weighted by Gasteiger charge is -2.02. The van der Waals surface area contributed by atoms with E-state index in [2.05, 4.69) is 31.0 Å². The summed E-state index contributed by atoms with van der Waals surface area (Å²) in [5, 5.41) is 24.0. The molecule has 0 amide bonds. The Hall–Kier alpha value is -2.28. The number of hydrogen-bond donors (Lipinski definition) is 2. The van der Waals surface area contributed by atoms with Crippen LogP contribution in [0.4, 0.5) is 19.0 Å². The second kappa shape index (κ2) is 10.8. The van der Waals surface area contributed by atoms with Crippen molar-refractivity contribution in [2.24, 2.45) is 0 Å². The normalized spacial score (nSPS) is 10.9. The van der Waals surface area contributed by atoms with Crippen molar-refractivity contribution in [1.82, 2.24) is 20.4 Å². The summed E-state index contributed by atoms with van der Waals surface area (Å²) in [4.78, 5) is 0. The lowest BCUT2D eigenvalue weighted by molar-refractivity contribution is 0.617. The molecule has 31 heavy (non-hydrogen) atoms. The molecule has 0 aliphatic heterocycles. The molecule has 0 spiro atoms. The van der Waals surface area contributed by atoms with E-state index in [1.165, 1.54) is 58.3 Å². The molecule has 4 aromatic rings. The molecule has 0 fully saturated rings.